The van der Waals surface area contributed by atoms with Crippen LogP contribution in [0.25, 0.3) is 0 Å². The van der Waals surface area contributed by atoms with Crippen molar-refractivity contribution in [2.24, 2.45) is 0 Å². The second-order valence-electron chi connectivity index (χ2n) is 5.60. The Hall–Kier alpha value is -1.89. The third kappa shape index (κ3) is 3.14. The molecule has 118 valence electrons. The van der Waals surface area contributed by atoms with E-state index < -0.39 is 0 Å². The normalized spacial score (nSPS) is 17.4. The smallest absolute Gasteiger partial charge is 0.247 e. The van der Waals surface area contributed by atoms with Crippen molar-refractivity contribution in [1.82, 2.24) is 19.7 Å². The molecule has 1 fully saturated rings. The van der Waals surface area contributed by atoms with E-state index in [1.54, 1.807) is 22.2 Å². The molecule has 3 rings (SSSR count). The van der Waals surface area contributed by atoms with Crippen molar-refractivity contribution in [1.29, 1.82) is 0 Å². The fraction of sp³-hybridized carbons (Fsp3) is 0.533. The number of thiazole rings is 1. The number of carbonyl (C=O) groups excluding carboxylic acids is 1. The second-order valence-corrected chi connectivity index (χ2v) is 6.44. The van der Waals surface area contributed by atoms with Crippen LogP contribution in [0.5, 0.6) is 0 Å². The van der Waals surface area contributed by atoms with Gasteiger partial charge in [0.25, 0.3) is 0 Å². The lowest BCUT2D eigenvalue weighted by molar-refractivity contribution is -0.134. The van der Waals surface area contributed by atoms with E-state index >= 15 is 0 Å². The summed E-state index contributed by atoms with van der Waals surface area (Å²) in [7, 11) is 0. The van der Waals surface area contributed by atoms with E-state index in [1.165, 1.54) is 0 Å². The highest BCUT2D eigenvalue weighted by Crippen LogP contribution is 2.22. The van der Waals surface area contributed by atoms with Gasteiger partial charge in [0.15, 0.2) is 5.13 Å². The largest absolute Gasteiger partial charge is 0.346 e. The maximum absolute atomic E-state index is 12.6. The average molecular weight is 319 g/mol. The van der Waals surface area contributed by atoms with Crippen molar-refractivity contribution in [2.45, 2.75) is 26.3 Å². The Morgan fingerprint density at radius 2 is 2.18 bits per heavy atom. The minimum atomic E-state index is -0.247. The van der Waals surface area contributed by atoms with E-state index in [9.17, 15) is 4.79 Å². The first kappa shape index (κ1) is 15.0. The zero-order chi connectivity index (χ0) is 15.5. The van der Waals surface area contributed by atoms with Gasteiger partial charge in [-0.3, -0.25) is 9.48 Å². The number of aryl methyl sites for hydroxylation is 1. The van der Waals surface area contributed by atoms with Crippen molar-refractivity contribution < 1.29 is 4.79 Å². The van der Waals surface area contributed by atoms with Crippen molar-refractivity contribution in [3.05, 3.63) is 29.5 Å². The summed E-state index contributed by atoms with van der Waals surface area (Å²) in [5.41, 5.74) is 1.06. The van der Waals surface area contributed by atoms with Crippen molar-refractivity contribution in [3.8, 4) is 0 Å². The van der Waals surface area contributed by atoms with E-state index in [4.69, 9.17) is 0 Å². The van der Waals surface area contributed by atoms with Gasteiger partial charge in [0.1, 0.15) is 6.04 Å². The van der Waals surface area contributed by atoms with Crippen molar-refractivity contribution in [2.75, 3.05) is 31.1 Å². The maximum atomic E-state index is 12.6. The summed E-state index contributed by atoms with van der Waals surface area (Å²) in [5.74, 6) is 0.140. The second kappa shape index (κ2) is 6.48. The highest BCUT2D eigenvalue weighted by Gasteiger charge is 2.25. The molecule has 2 aromatic rings. The van der Waals surface area contributed by atoms with Gasteiger partial charge in [0, 0.05) is 44.0 Å². The minimum absolute atomic E-state index is 0.140. The molecule has 1 atom stereocenters. The predicted molar refractivity (Wildman–Crippen MR) is 87.2 cm³/mol. The quantitative estimate of drug-likeness (QED) is 0.868. The average Bonchev–Trinajstić information content (AvgIpc) is 3.13. The lowest BCUT2D eigenvalue weighted by Crippen LogP contribution is -2.39. The zero-order valence-corrected chi connectivity index (χ0v) is 13.8. The lowest BCUT2D eigenvalue weighted by atomic mass is 10.2. The number of amides is 1. The van der Waals surface area contributed by atoms with E-state index in [1.807, 2.05) is 31.0 Å². The Labute approximate surface area is 134 Å². The first-order valence-electron chi connectivity index (χ1n) is 7.60. The molecule has 1 aliphatic heterocycles. The molecule has 0 bridgehead atoms. The number of aromatic nitrogens is 3. The van der Waals surface area contributed by atoms with E-state index in [-0.39, 0.29) is 11.9 Å². The van der Waals surface area contributed by atoms with Gasteiger partial charge in [-0.1, -0.05) is 0 Å². The number of anilines is 1. The molecule has 0 saturated carbocycles. The predicted octanol–water partition coefficient (Wildman–Crippen LogP) is 1.95. The molecule has 0 radical (unpaired) electrons. The van der Waals surface area contributed by atoms with Crippen LogP contribution in [-0.4, -0.2) is 51.8 Å². The Morgan fingerprint density at radius 1 is 1.32 bits per heavy atom. The summed E-state index contributed by atoms with van der Waals surface area (Å²) >= 11 is 1.68. The van der Waals surface area contributed by atoms with E-state index in [0.717, 1.165) is 43.4 Å². The molecule has 6 nitrogen and oxygen atoms in total. The molecule has 2 aromatic heterocycles. The molecule has 0 aromatic carbocycles. The topological polar surface area (TPSA) is 54.3 Å². The van der Waals surface area contributed by atoms with Crippen LogP contribution in [0.15, 0.2) is 23.8 Å². The molecule has 0 aliphatic carbocycles. The highest BCUT2D eigenvalue weighted by atomic mass is 32.1. The van der Waals surface area contributed by atoms with Crippen LogP contribution >= 0.6 is 11.3 Å². The van der Waals surface area contributed by atoms with E-state index in [0.29, 0.717) is 0 Å². The molecule has 7 heteroatoms. The van der Waals surface area contributed by atoms with Crippen molar-refractivity contribution >= 4 is 22.4 Å². The van der Waals surface area contributed by atoms with Gasteiger partial charge >= 0.3 is 0 Å². The molecule has 1 amide bonds. The summed E-state index contributed by atoms with van der Waals surface area (Å²) in [5, 5.41) is 7.31. The Kier molecular flexibility index (Phi) is 4.42. The van der Waals surface area contributed by atoms with Crippen LogP contribution < -0.4 is 4.90 Å². The first-order valence-corrected chi connectivity index (χ1v) is 8.48. The number of rotatable bonds is 3. The first-order chi connectivity index (χ1) is 10.6. The number of carbonyl (C=O) groups is 1. The number of hydrogen-bond acceptors (Lipinski definition) is 5. The standard InChI is InChI=1S/C15H21N5OS/c1-12-11-22-15(17-12)19-7-4-6-18(9-10-19)14(21)13(2)20-8-3-5-16-20/h3,5,8,11,13H,4,6-7,9-10H2,1-2H3. The SMILES string of the molecule is Cc1csc(N2CCCN(C(=O)C(C)n3cccn3)CC2)n1. The van der Waals surface area contributed by atoms with Gasteiger partial charge in [-0.05, 0) is 26.3 Å². The van der Waals surface area contributed by atoms with Crippen LogP contribution in [0, 0.1) is 6.92 Å². The molecule has 3 heterocycles. The Bertz CT molecular complexity index is 624. The summed E-state index contributed by atoms with van der Waals surface area (Å²) in [6.45, 7) is 7.24. The van der Waals surface area contributed by atoms with Crippen molar-refractivity contribution in [3.63, 3.8) is 0 Å². The zero-order valence-electron chi connectivity index (χ0n) is 13.0. The van der Waals surface area contributed by atoms with Crippen LogP contribution in [0.1, 0.15) is 25.1 Å². The lowest BCUT2D eigenvalue weighted by Gasteiger charge is -2.24. The van der Waals surface area contributed by atoms with Crippen LogP contribution in [0.3, 0.4) is 0 Å². The summed E-state index contributed by atoms with van der Waals surface area (Å²) in [6.07, 6.45) is 4.51. The highest BCUT2D eigenvalue weighted by molar-refractivity contribution is 7.13. The molecule has 0 spiro atoms. The molecular weight excluding hydrogens is 298 g/mol. The van der Waals surface area contributed by atoms with Gasteiger partial charge in [-0.2, -0.15) is 5.10 Å². The summed E-state index contributed by atoms with van der Waals surface area (Å²) in [6, 6.07) is 1.60. The molecular formula is C15H21N5OS. The third-order valence-electron chi connectivity index (χ3n) is 3.96. The van der Waals surface area contributed by atoms with Gasteiger partial charge in [-0.15, -0.1) is 11.3 Å². The molecule has 1 saturated heterocycles. The third-order valence-corrected chi connectivity index (χ3v) is 4.98. The Morgan fingerprint density at radius 3 is 2.86 bits per heavy atom. The Balaban J connectivity index is 1.63. The minimum Gasteiger partial charge on any atom is -0.346 e. The molecule has 1 unspecified atom stereocenters. The summed E-state index contributed by atoms with van der Waals surface area (Å²) in [4.78, 5) is 21.4. The van der Waals surface area contributed by atoms with Crippen LogP contribution in [0.4, 0.5) is 5.13 Å². The number of nitrogens with zero attached hydrogens (tertiary/aromatic N) is 5. The molecule has 1 aliphatic rings. The van der Waals surface area contributed by atoms with Gasteiger partial charge in [0.2, 0.25) is 5.91 Å². The number of hydrogen-bond donors (Lipinski definition) is 0. The fourth-order valence-electron chi connectivity index (χ4n) is 2.70. The monoisotopic (exact) mass is 319 g/mol. The van der Waals surface area contributed by atoms with Gasteiger partial charge in [-0.25, -0.2) is 4.98 Å². The van der Waals surface area contributed by atoms with Gasteiger partial charge < -0.3 is 9.80 Å². The maximum Gasteiger partial charge on any atom is 0.247 e. The van der Waals surface area contributed by atoms with Gasteiger partial charge in [0.05, 0.1) is 5.69 Å². The van der Waals surface area contributed by atoms with Crippen LogP contribution in [-0.2, 0) is 4.79 Å². The van der Waals surface area contributed by atoms with E-state index in [2.05, 4.69) is 20.4 Å². The molecule has 0 N–H and O–H groups in total. The van der Waals surface area contributed by atoms with Crippen LogP contribution in [0.2, 0.25) is 0 Å². The fourth-order valence-corrected chi connectivity index (χ4v) is 3.56. The summed E-state index contributed by atoms with van der Waals surface area (Å²) < 4.78 is 1.72. The molecule has 22 heavy (non-hydrogen) atoms.